The predicted octanol–water partition coefficient (Wildman–Crippen LogP) is 1.98. The quantitative estimate of drug-likeness (QED) is 0.863. The first kappa shape index (κ1) is 18.7. The normalized spacial score (nSPS) is 17.8. The molecule has 5 nitrogen and oxygen atoms in total. The number of nitrogens with zero attached hydrogens (tertiary/aromatic N) is 3. The molecular weight excluding hydrogens is 307 g/mol. The molecule has 0 bridgehead atoms. The maximum absolute atomic E-state index is 14.1. The van der Waals surface area contributed by atoms with E-state index in [1.54, 1.807) is 6.07 Å². The van der Waals surface area contributed by atoms with Crippen molar-refractivity contribution in [1.29, 1.82) is 0 Å². The molecule has 0 aliphatic carbocycles. The van der Waals surface area contributed by atoms with Gasteiger partial charge >= 0.3 is 6.03 Å². The molecule has 1 unspecified atom stereocenters. The number of likely N-dealkylation sites (tertiary alicyclic amines) is 1. The molecule has 1 atom stereocenters. The second-order valence-corrected chi connectivity index (χ2v) is 7.19. The van der Waals surface area contributed by atoms with Crippen molar-refractivity contribution in [1.82, 2.24) is 20.0 Å². The number of amides is 2. The minimum atomic E-state index is -0.220. The summed E-state index contributed by atoms with van der Waals surface area (Å²) in [7, 11) is 7.93. The molecule has 1 saturated heterocycles. The van der Waals surface area contributed by atoms with E-state index in [2.05, 4.69) is 24.3 Å². The molecule has 1 aromatic rings. The van der Waals surface area contributed by atoms with E-state index in [0.717, 1.165) is 31.6 Å². The number of carbonyl (C=O) groups is 1. The Morgan fingerprint density at radius 3 is 2.67 bits per heavy atom. The van der Waals surface area contributed by atoms with Gasteiger partial charge in [-0.15, -0.1) is 0 Å². The number of benzene rings is 1. The predicted molar refractivity (Wildman–Crippen MR) is 94.3 cm³/mol. The lowest BCUT2D eigenvalue weighted by atomic mass is 10.1. The smallest absolute Gasteiger partial charge is 0.317 e. The highest BCUT2D eigenvalue weighted by Gasteiger charge is 2.26. The van der Waals surface area contributed by atoms with Gasteiger partial charge in [0.15, 0.2) is 0 Å². The van der Waals surface area contributed by atoms with Crippen LogP contribution < -0.4 is 5.32 Å². The average molecular weight is 336 g/mol. The standard InChI is InChI=1S/C18H29FN4O/c1-21(2)11-15-7-8-23(12-15)18(24)20-10-14-5-6-16(13-22(3)4)17(19)9-14/h5-6,9,15H,7-8,10-13H2,1-4H3,(H,20,24). The zero-order chi connectivity index (χ0) is 17.7. The van der Waals surface area contributed by atoms with Gasteiger partial charge in [0.2, 0.25) is 0 Å². The third-order valence-corrected chi connectivity index (χ3v) is 4.24. The van der Waals surface area contributed by atoms with Crippen LogP contribution in [-0.4, -0.2) is 68.6 Å². The van der Waals surface area contributed by atoms with Crippen molar-refractivity contribution in [2.75, 3.05) is 47.8 Å². The van der Waals surface area contributed by atoms with Crippen LogP contribution in [0, 0.1) is 11.7 Å². The average Bonchev–Trinajstić information content (AvgIpc) is 2.94. The second-order valence-electron chi connectivity index (χ2n) is 7.19. The SMILES string of the molecule is CN(C)Cc1ccc(CNC(=O)N2CCC(CN(C)C)C2)cc1F. The third kappa shape index (κ3) is 5.46. The number of hydrogen-bond donors (Lipinski definition) is 1. The van der Waals surface area contributed by atoms with Crippen molar-refractivity contribution >= 4 is 6.03 Å². The van der Waals surface area contributed by atoms with Crippen LogP contribution in [0.1, 0.15) is 17.5 Å². The Labute approximate surface area is 144 Å². The topological polar surface area (TPSA) is 38.8 Å². The lowest BCUT2D eigenvalue weighted by Gasteiger charge is -2.19. The van der Waals surface area contributed by atoms with Crippen molar-refractivity contribution in [2.45, 2.75) is 19.5 Å². The Balaban J connectivity index is 1.83. The number of hydrogen-bond acceptors (Lipinski definition) is 3. The van der Waals surface area contributed by atoms with Crippen LogP contribution in [0.3, 0.4) is 0 Å². The first-order chi connectivity index (χ1) is 11.3. The largest absolute Gasteiger partial charge is 0.334 e. The van der Waals surface area contributed by atoms with Gasteiger partial charge in [0.25, 0.3) is 0 Å². The van der Waals surface area contributed by atoms with Crippen molar-refractivity contribution in [3.63, 3.8) is 0 Å². The molecular formula is C18H29FN4O. The fourth-order valence-electron chi connectivity index (χ4n) is 3.14. The van der Waals surface area contributed by atoms with Gasteiger partial charge in [-0.05, 0) is 52.2 Å². The number of halogens is 1. The summed E-state index contributed by atoms with van der Waals surface area (Å²) in [5.41, 5.74) is 1.45. The summed E-state index contributed by atoms with van der Waals surface area (Å²) >= 11 is 0. The van der Waals surface area contributed by atoms with Crippen LogP contribution in [0.25, 0.3) is 0 Å². The van der Waals surface area contributed by atoms with Gasteiger partial charge in [-0.3, -0.25) is 0 Å². The van der Waals surface area contributed by atoms with E-state index in [1.807, 2.05) is 30.0 Å². The summed E-state index contributed by atoms with van der Waals surface area (Å²) in [5.74, 6) is 0.316. The molecule has 1 heterocycles. The maximum Gasteiger partial charge on any atom is 0.317 e. The molecule has 6 heteroatoms. The van der Waals surface area contributed by atoms with Crippen LogP contribution in [-0.2, 0) is 13.1 Å². The molecule has 2 rings (SSSR count). The lowest BCUT2D eigenvalue weighted by molar-refractivity contribution is 0.205. The highest BCUT2D eigenvalue weighted by molar-refractivity contribution is 5.74. The molecule has 24 heavy (non-hydrogen) atoms. The number of carbonyl (C=O) groups excluding carboxylic acids is 1. The van der Waals surface area contributed by atoms with Gasteiger partial charge in [-0.1, -0.05) is 12.1 Å². The maximum atomic E-state index is 14.1. The number of urea groups is 1. The fraction of sp³-hybridized carbons (Fsp3) is 0.611. The van der Waals surface area contributed by atoms with Crippen LogP contribution in [0.4, 0.5) is 9.18 Å². The molecule has 0 aromatic heterocycles. The zero-order valence-corrected chi connectivity index (χ0v) is 15.2. The van der Waals surface area contributed by atoms with Crippen molar-refractivity contribution in [3.8, 4) is 0 Å². The highest BCUT2D eigenvalue weighted by Crippen LogP contribution is 2.17. The van der Waals surface area contributed by atoms with E-state index in [1.165, 1.54) is 6.07 Å². The molecule has 1 N–H and O–H groups in total. The van der Waals surface area contributed by atoms with Crippen LogP contribution in [0.2, 0.25) is 0 Å². The van der Waals surface area contributed by atoms with E-state index in [0.29, 0.717) is 24.6 Å². The molecule has 2 amide bonds. The summed E-state index contributed by atoms with van der Waals surface area (Å²) in [4.78, 5) is 18.2. The van der Waals surface area contributed by atoms with Crippen LogP contribution in [0.5, 0.6) is 0 Å². The minimum absolute atomic E-state index is 0.0611. The van der Waals surface area contributed by atoms with E-state index in [4.69, 9.17) is 0 Å². The Kier molecular flexibility index (Phi) is 6.57. The summed E-state index contributed by atoms with van der Waals surface area (Å²) in [6.45, 7) is 3.51. The van der Waals surface area contributed by atoms with Crippen LogP contribution in [0.15, 0.2) is 18.2 Å². The molecule has 1 aliphatic rings. The van der Waals surface area contributed by atoms with Crippen molar-refractivity contribution in [3.05, 3.63) is 35.1 Å². The van der Waals surface area contributed by atoms with E-state index >= 15 is 0 Å². The summed E-state index contributed by atoms with van der Waals surface area (Å²) in [5, 5.41) is 2.90. The van der Waals surface area contributed by atoms with Gasteiger partial charge in [-0.2, -0.15) is 0 Å². The van der Waals surface area contributed by atoms with Crippen LogP contribution >= 0.6 is 0 Å². The Morgan fingerprint density at radius 1 is 1.29 bits per heavy atom. The minimum Gasteiger partial charge on any atom is -0.334 e. The monoisotopic (exact) mass is 336 g/mol. The van der Waals surface area contributed by atoms with E-state index in [9.17, 15) is 9.18 Å². The van der Waals surface area contributed by atoms with Gasteiger partial charge in [-0.25, -0.2) is 9.18 Å². The fourth-order valence-corrected chi connectivity index (χ4v) is 3.14. The van der Waals surface area contributed by atoms with E-state index in [-0.39, 0.29) is 11.8 Å². The molecule has 134 valence electrons. The zero-order valence-electron chi connectivity index (χ0n) is 15.2. The Hall–Kier alpha value is -1.66. The Bertz CT molecular complexity index is 562. The molecule has 0 spiro atoms. The number of rotatable bonds is 6. The van der Waals surface area contributed by atoms with Gasteiger partial charge in [0.05, 0.1) is 0 Å². The summed E-state index contributed by atoms with van der Waals surface area (Å²) in [6, 6.07) is 5.12. The molecule has 1 aliphatic heterocycles. The lowest BCUT2D eigenvalue weighted by Crippen LogP contribution is -2.38. The molecule has 1 fully saturated rings. The van der Waals surface area contributed by atoms with Gasteiger partial charge in [0, 0.05) is 38.3 Å². The number of nitrogens with one attached hydrogen (secondary N) is 1. The Morgan fingerprint density at radius 2 is 2.04 bits per heavy atom. The van der Waals surface area contributed by atoms with E-state index < -0.39 is 0 Å². The molecule has 0 radical (unpaired) electrons. The summed E-state index contributed by atoms with van der Waals surface area (Å²) < 4.78 is 14.1. The second kappa shape index (κ2) is 8.44. The van der Waals surface area contributed by atoms with Crippen molar-refractivity contribution < 1.29 is 9.18 Å². The van der Waals surface area contributed by atoms with Crippen molar-refractivity contribution in [2.24, 2.45) is 5.92 Å². The first-order valence-electron chi connectivity index (χ1n) is 8.44. The summed E-state index contributed by atoms with van der Waals surface area (Å²) in [6.07, 6.45) is 1.04. The highest BCUT2D eigenvalue weighted by atomic mass is 19.1. The van der Waals surface area contributed by atoms with Gasteiger partial charge in [0.1, 0.15) is 5.82 Å². The molecule has 0 saturated carbocycles. The first-order valence-corrected chi connectivity index (χ1v) is 8.44. The van der Waals surface area contributed by atoms with Gasteiger partial charge < -0.3 is 20.0 Å². The molecule has 1 aromatic carbocycles. The third-order valence-electron chi connectivity index (χ3n) is 4.24.